The van der Waals surface area contributed by atoms with Gasteiger partial charge in [0, 0.05) is 23.3 Å². The van der Waals surface area contributed by atoms with Crippen LogP contribution in [0.3, 0.4) is 0 Å². The molecule has 19 heavy (non-hydrogen) atoms. The van der Waals surface area contributed by atoms with Gasteiger partial charge in [0.1, 0.15) is 0 Å². The molecule has 2 N–H and O–H groups in total. The molecule has 0 spiro atoms. The lowest BCUT2D eigenvalue weighted by Gasteiger charge is -2.24. The first-order valence-electron chi connectivity index (χ1n) is 7.05. The second-order valence-electron chi connectivity index (χ2n) is 5.54. The van der Waals surface area contributed by atoms with Crippen LogP contribution in [0.5, 0.6) is 0 Å². The van der Waals surface area contributed by atoms with E-state index in [0.29, 0.717) is 6.04 Å². The predicted octanol–water partition coefficient (Wildman–Crippen LogP) is 3.28. The molecule has 2 heterocycles. The Bertz CT molecular complexity index is 600. The van der Waals surface area contributed by atoms with E-state index in [1.54, 1.807) is 0 Å². The van der Waals surface area contributed by atoms with Gasteiger partial charge in [0.2, 0.25) is 0 Å². The normalized spacial score (nSPS) is 18.0. The third kappa shape index (κ3) is 2.19. The molecule has 1 aliphatic heterocycles. The van der Waals surface area contributed by atoms with Crippen molar-refractivity contribution in [3.63, 3.8) is 0 Å². The zero-order valence-corrected chi connectivity index (χ0v) is 11.7. The molecular formula is C16H21N3. The molecule has 1 aliphatic rings. The van der Waals surface area contributed by atoms with Crippen LogP contribution in [0.25, 0.3) is 10.9 Å². The fraction of sp³-hybridized carbons (Fsp3) is 0.438. The number of hydrogen-bond acceptors (Lipinski definition) is 3. The average Bonchev–Trinajstić information content (AvgIpc) is 2.96. The molecule has 3 rings (SSSR count). The summed E-state index contributed by atoms with van der Waals surface area (Å²) in [5.41, 5.74) is 10.2. The minimum atomic E-state index is 0.456. The van der Waals surface area contributed by atoms with Gasteiger partial charge in [-0.05, 0) is 63.0 Å². The van der Waals surface area contributed by atoms with Crippen LogP contribution in [0.4, 0.5) is 5.69 Å². The van der Waals surface area contributed by atoms with E-state index in [9.17, 15) is 0 Å². The summed E-state index contributed by atoms with van der Waals surface area (Å²) in [5.74, 6) is 0. The number of anilines is 1. The maximum atomic E-state index is 5.94. The van der Waals surface area contributed by atoms with Gasteiger partial charge >= 0.3 is 0 Å². The summed E-state index contributed by atoms with van der Waals surface area (Å²) in [6, 6.07) is 6.77. The molecular weight excluding hydrogens is 234 g/mol. The molecule has 1 aromatic heterocycles. The topological polar surface area (TPSA) is 42.1 Å². The number of fused-ring (bicyclic) bond motifs is 1. The Morgan fingerprint density at radius 2 is 2.00 bits per heavy atom. The van der Waals surface area contributed by atoms with Crippen LogP contribution in [0.1, 0.15) is 36.9 Å². The van der Waals surface area contributed by atoms with E-state index in [2.05, 4.69) is 28.9 Å². The molecule has 100 valence electrons. The van der Waals surface area contributed by atoms with Crippen molar-refractivity contribution in [1.29, 1.82) is 0 Å². The smallest absolute Gasteiger partial charge is 0.0751 e. The lowest BCUT2D eigenvalue weighted by atomic mass is 10.0. The summed E-state index contributed by atoms with van der Waals surface area (Å²) in [4.78, 5) is 7.16. The molecule has 0 aliphatic carbocycles. The van der Waals surface area contributed by atoms with Crippen molar-refractivity contribution in [2.24, 2.45) is 0 Å². The minimum Gasteiger partial charge on any atom is -0.398 e. The Morgan fingerprint density at radius 3 is 2.74 bits per heavy atom. The van der Waals surface area contributed by atoms with Gasteiger partial charge in [-0.15, -0.1) is 0 Å². The van der Waals surface area contributed by atoms with E-state index in [1.165, 1.54) is 36.9 Å². The fourth-order valence-corrected chi connectivity index (χ4v) is 2.95. The van der Waals surface area contributed by atoms with Crippen molar-refractivity contribution in [2.45, 2.75) is 32.7 Å². The molecule has 0 bridgehead atoms. The van der Waals surface area contributed by atoms with Crippen LogP contribution >= 0.6 is 0 Å². The summed E-state index contributed by atoms with van der Waals surface area (Å²) in [7, 11) is 0. The molecule has 1 atom stereocenters. The van der Waals surface area contributed by atoms with Gasteiger partial charge < -0.3 is 5.73 Å². The number of nitrogens with zero attached hydrogens (tertiary/aromatic N) is 2. The zero-order valence-electron chi connectivity index (χ0n) is 11.7. The second kappa shape index (κ2) is 4.82. The van der Waals surface area contributed by atoms with Gasteiger partial charge in [0.15, 0.2) is 0 Å². The molecule has 3 nitrogen and oxygen atoms in total. The highest BCUT2D eigenvalue weighted by Crippen LogP contribution is 2.28. The first-order valence-corrected chi connectivity index (χ1v) is 7.05. The highest BCUT2D eigenvalue weighted by atomic mass is 15.2. The van der Waals surface area contributed by atoms with E-state index in [-0.39, 0.29) is 0 Å². The first-order chi connectivity index (χ1) is 9.16. The molecule has 3 heteroatoms. The van der Waals surface area contributed by atoms with Crippen LogP contribution in [-0.4, -0.2) is 23.0 Å². The van der Waals surface area contributed by atoms with Crippen LogP contribution in [0.15, 0.2) is 24.4 Å². The molecule has 1 fully saturated rings. The highest BCUT2D eigenvalue weighted by molar-refractivity contribution is 5.86. The summed E-state index contributed by atoms with van der Waals surface area (Å²) in [6.07, 6.45) is 4.65. The number of likely N-dealkylation sites (tertiary alicyclic amines) is 1. The number of nitrogen functional groups attached to an aromatic ring is 1. The molecule has 0 radical (unpaired) electrons. The molecule has 0 amide bonds. The first kappa shape index (κ1) is 12.4. The maximum absolute atomic E-state index is 5.94. The fourth-order valence-electron chi connectivity index (χ4n) is 2.95. The Hall–Kier alpha value is -1.61. The lowest BCUT2D eigenvalue weighted by Crippen LogP contribution is -2.23. The van der Waals surface area contributed by atoms with E-state index < -0.39 is 0 Å². The quantitative estimate of drug-likeness (QED) is 0.837. The van der Waals surface area contributed by atoms with Crippen molar-refractivity contribution in [3.8, 4) is 0 Å². The summed E-state index contributed by atoms with van der Waals surface area (Å²) in [6.45, 7) is 6.73. The third-order valence-electron chi connectivity index (χ3n) is 4.34. The molecule has 2 aromatic rings. The van der Waals surface area contributed by atoms with Crippen molar-refractivity contribution < 1.29 is 0 Å². The number of nitrogens with two attached hydrogens (primary N) is 1. The number of aryl methyl sites for hydroxylation is 1. The number of pyridine rings is 1. The van der Waals surface area contributed by atoms with Crippen LogP contribution in [0.2, 0.25) is 0 Å². The number of aromatic nitrogens is 1. The van der Waals surface area contributed by atoms with Crippen LogP contribution in [-0.2, 0) is 0 Å². The van der Waals surface area contributed by atoms with Gasteiger partial charge in [-0.1, -0.05) is 6.07 Å². The van der Waals surface area contributed by atoms with E-state index >= 15 is 0 Å². The SMILES string of the molecule is Cc1c(N)ccc2cc([C@@H](C)N3CCCC3)cnc12. The van der Waals surface area contributed by atoms with Crippen molar-refractivity contribution in [1.82, 2.24) is 9.88 Å². The van der Waals surface area contributed by atoms with Crippen LogP contribution < -0.4 is 5.73 Å². The summed E-state index contributed by atoms with van der Waals surface area (Å²) >= 11 is 0. The van der Waals surface area contributed by atoms with Crippen molar-refractivity contribution in [2.75, 3.05) is 18.8 Å². The van der Waals surface area contributed by atoms with Crippen molar-refractivity contribution in [3.05, 3.63) is 35.5 Å². The van der Waals surface area contributed by atoms with E-state index in [4.69, 9.17) is 5.73 Å². The maximum Gasteiger partial charge on any atom is 0.0751 e. The molecule has 0 saturated carbocycles. The van der Waals surface area contributed by atoms with E-state index in [1.807, 2.05) is 19.2 Å². The second-order valence-corrected chi connectivity index (χ2v) is 5.54. The number of rotatable bonds is 2. The monoisotopic (exact) mass is 255 g/mol. The molecule has 1 aromatic carbocycles. The molecule has 1 saturated heterocycles. The van der Waals surface area contributed by atoms with Gasteiger partial charge in [0.05, 0.1) is 5.52 Å². The van der Waals surface area contributed by atoms with E-state index in [0.717, 1.165) is 16.8 Å². The molecule has 0 unspecified atom stereocenters. The minimum absolute atomic E-state index is 0.456. The zero-order chi connectivity index (χ0) is 13.4. The Balaban J connectivity index is 1.99. The van der Waals surface area contributed by atoms with Gasteiger partial charge in [0.25, 0.3) is 0 Å². The largest absolute Gasteiger partial charge is 0.398 e. The van der Waals surface area contributed by atoms with Crippen LogP contribution in [0, 0.1) is 6.92 Å². The number of benzene rings is 1. The Labute approximate surface area is 114 Å². The standard InChI is InChI=1S/C16H21N3/c1-11-15(17)6-5-13-9-14(10-18-16(11)13)12(2)19-7-3-4-8-19/h5-6,9-10,12H,3-4,7-8,17H2,1-2H3/t12-/m1/s1. The van der Waals surface area contributed by atoms with Gasteiger partial charge in [-0.25, -0.2) is 0 Å². The summed E-state index contributed by atoms with van der Waals surface area (Å²) in [5, 5.41) is 1.19. The van der Waals surface area contributed by atoms with Gasteiger partial charge in [-0.3, -0.25) is 9.88 Å². The lowest BCUT2D eigenvalue weighted by molar-refractivity contribution is 0.263. The highest BCUT2D eigenvalue weighted by Gasteiger charge is 2.20. The number of hydrogen-bond donors (Lipinski definition) is 1. The van der Waals surface area contributed by atoms with Crippen molar-refractivity contribution >= 4 is 16.6 Å². The average molecular weight is 255 g/mol. The predicted molar refractivity (Wildman–Crippen MR) is 80.1 cm³/mol. The summed E-state index contributed by atoms with van der Waals surface area (Å²) < 4.78 is 0. The Kier molecular flexibility index (Phi) is 3.15. The Morgan fingerprint density at radius 1 is 1.26 bits per heavy atom. The third-order valence-corrected chi connectivity index (χ3v) is 4.34. The van der Waals surface area contributed by atoms with Gasteiger partial charge in [-0.2, -0.15) is 0 Å².